The molecule has 0 bridgehead atoms. The predicted molar refractivity (Wildman–Crippen MR) is 79.2 cm³/mol. The van der Waals surface area contributed by atoms with Crippen molar-refractivity contribution in [2.24, 2.45) is 5.92 Å². The minimum Gasteiger partial charge on any atom is -0.382 e. The smallest absolute Gasteiger partial charge is 0.0907 e. The number of aromatic nitrogens is 2. The number of nitrogens with one attached hydrogen (secondary N) is 1. The van der Waals surface area contributed by atoms with Crippen molar-refractivity contribution in [1.29, 1.82) is 0 Å². The number of fused-ring (bicyclic) bond motifs is 1. The lowest BCUT2D eigenvalue weighted by atomic mass is 9.83. The summed E-state index contributed by atoms with van der Waals surface area (Å²) in [5, 5.41) is 3.71. The Kier molecular flexibility index (Phi) is 3.62. The largest absolute Gasteiger partial charge is 0.382 e. The zero-order valence-electron chi connectivity index (χ0n) is 11.5. The number of benzene rings is 1. The van der Waals surface area contributed by atoms with E-state index in [1.807, 2.05) is 0 Å². The third kappa shape index (κ3) is 2.70. The molecule has 0 amide bonds. The number of hydrogen-bond donors (Lipinski definition) is 1. The topological polar surface area (TPSA) is 37.8 Å². The Morgan fingerprint density at radius 3 is 2.74 bits per heavy atom. The van der Waals surface area contributed by atoms with Gasteiger partial charge in [0.1, 0.15) is 0 Å². The van der Waals surface area contributed by atoms with E-state index >= 15 is 0 Å². The Balaban J connectivity index is 1.80. The molecule has 2 aromatic rings. The fourth-order valence-electron chi connectivity index (χ4n) is 3.15. The molecule has 0 spiro atoms. The van der Waals surface area contributed by atoms with E-state index in [0.29, 0.717) is 6.04 Å². The first-order valence-electron chi connectivity index (χ1n) is 7.34. The minimum atomic E-state index is 0.618. The van der Waals surface area contributed by atoms with Gasteiger partial charge in [-0.3, -0.25) is 9.97 Å². The summed E-state index contributed by atoms with van der Waals surface area (Å²) >= 11 is 0. The molecule has 1 aromatic heterocycles. The highest BCUT2D eigenvalue weighted by molar-refractivity contribution is 5.78. The van der Waals surface area contributed by atoms with Crippen LogP contribution in [0, 0.1) is 5.92 Å². The third-order valence-corrected chi connectivity index (χ3v) is 4.25. The molecular weight excluding hydrogens is 234 g/mol. The number of hydrogen-bond acceptors (Lipinski definition) is 3. The van der Waals surface area contributed by atoms with Crippen molar-refractivity contribution < 1.29 is 0 Å². The molecule has 19 heavy (non-hydrogen) atoms. The Morgan fingerprint density at radius 1 is 1.11 bits per heavy atom. The van der Waals surface area contributed by atoms with E-state index in [2.05, 4.69) is 40.4 Å². The highest BCUT2D eigenvalue weighted by Gasteiger charge is 2.23. The molecule has 1 saturated carbocycles. The lowest BCUT2D eigenvalue weighted by molar-refractivity contribution is 0.317. The SMILES string of the molecule is CCC1CCCCC1Nc1ccc2nccnc2c1. The van der Waals surface area contributed by atoms with E-state index in [1.54, 1.807) is 12.4 Å². The van der Waals surface area contributed by atoms with Crippen LogP contribution in [0.15, 0.2) is 30.6 Å². The number of anilines is 1. The van der Waals surface area contributed by atoms with Gasteiger partial charge >= 0.3 is 0 Å². The van der Waals surface area contributed by atoms with Crippen molar-refractivity contribution in [3.05, 3.63) is 30.6 Å². The molecule has 3 rings (SSSR count). The van der Waals surface area contributed by atoms with E-state index in [9.17, 15) is 0 Å². The van der Waals surface area contributed by atoms with E-state index in [0.717, 1.165) is 17.0 Å². The zero-order chi connectivity index (χ0) is 13.1. The maximum absolute atomic E-state index is 4.37. The zero-order valence-corrected chi connectivity index (χ0v) is 11.5. The molecule has 3 nitrogen and oxygen atoms in total. The summed E-state index contributed by atoms with van der Waals surface area (Å²) < 4.78 is 0. The van der Waals surface area contributed by atoms with Gasteiger partial charge in [0.05, 0.1) is 11.0 Å². The molecule has 1 aliphatic carbocycles. The van der Waals surface area contributed by atoms with Gasteiger partial charge in [0.25, 0.3) is 0 Å². The molecule has 1 fully saturated rings. The molecule has 2 unspecified atom stereocenters. The van der Waals surface area contributed by atoms with E-state index in [-0.39, 0.29) is 0 Å². The van der Waals surface area contributed by atoms with Gasteiger partial charge in [-0.05, 0) is 37.0 Å². The van der Waals surface area contributed by atoms with Crippen LogP contribution in [0.2, 0.25) is 0 Å². The van der Waals surface area contributed by atoms with Gasteiger partial charge < -0.3 is 5.32 Å². The summed E-state index contributed by atoms with van der Waals surface area (Å²) in [4.78, 5) is 8.68. The van der Waals surface area contributed by atoms with Crippen molar-refractivity contribution in [3.63, 3.8) is 0 Å². The highest BCUT2D eigenvalue weighted by Crippen LogP contribution is 2.29. The van der Waals surface area contributed by atoms with Crippen LogP contribution in [-0.2, 0) is 0 Å². The van der Waals surface area contributed by atoms with Gasteiger partial charge in [-0.15, -0.1) is 0 Å². The summed E-state index contributed by atoms with van der Waals surface area (Å²) in [6, 6.07) is 6.91. The Labute approximate surface area is 114 Å². The van der Waals surface area contributed by atoms with Gasteiger partial charge in [0, 0.05) is 24.1 Å². The molecule has 3 heteroatoms. The molecule has 100 valence electrons. The average molecular weight is 255 g/mol. The maximum Gasteiger partial charge on any atom is 0.0907 e. The molecule has 1 heterocycles. The normalized spacial score (nSPS) is 23.4. The van der Waals surface area contributed by atoms with Crippen molar-refractivity contribution in [2.75, 3.05) is 5.32 Å². The van der Waals surface area contributed by atoms with Gasteiger partial charge in [-0.2, -0.15) is 0 Å². The minimum absolute atomic E-state index is 0.618. The van der Waals surface area contributed by atoms with E-state index < -0.39 is 0 Å². The van der Waals surface area contributed by atoms with Crippen LogP contribution in [0.4, 0.5) is 5.69 Å². The van der Waals surface area contributed by atoms with Gasteiger partial charge in [-0.1, -0.05) is 26.2 Å². The van der Waals surface area contributed by atoms with Crippen molar-refractivity contribution in [3.8, 4) is 0 Å². The second-order valence-electron chi connectivity index (χ2n) is 5.46. The fourth-order valence-corrected chi connectivity index (χ4v) is 3.15. The standard InChI is InChI=1S/C16H21N3/c1-2-12-5-3-4-6-14(12)19-13-7-8-15-16(11-13)18-10-9-17-15/h7-12,14,19H,2-6H2,1H3. The molecular formula is C16H21N3. The maximum atomic E-state index is 4.37. The van der Waals surface area contributed by atoms with Crippen LogP contribution in [-0.4, -0.2) is 16.0 Å². The third-order valence-electron chi connectivity index (χ3n) is 4.25. The van der Waals surface area contributed by atoms with Crippen LogP contribution in [0.1, 0.15) is 39.0 Å². The molecule has 0 radical (unpaired) electrons. The van der Waals surface area contributed by atoms with Crippen LogP contribution in [0.25, 0.3) is 11.0 Å². The summed E-state index contributed by atoms with van der Waals surface area (Å²) in [6.07, 6.45) is 10.1. The van der Waals surface area contributed by atoms with Crippen molar-refractivity contribution >= 4 is 16.7 Å². The number of nitrogens with zero attached hydrogens (tertiary/aromatic N) is 2. The monoisotopic (exact) mass is 255 g/mol. The molecule has 0 saturated heterocycles. The Hall–Kier alpha value is -1.64. The quantitative estimate of drug-likeness (QED) is 0.900. The summed E-state index contributed by atoms with van der Waals surface area (Å²) in [7, 11) is 0. The van der Waals surface area contributed by atoms with Crippen LogP contribution in [0.3, 0.4) is 0 Å². The van der Waals surface area contributed by atoms with Crippen LogP contribution < -0.4 is 5.32 Å². The Bertz CT molecular complexity index is 552. The van der Waals surface area contributed by atoms with Crippen molar-refractivity contribution in [2.45, 2.75) is 45.1 Å². The molecule has 2 atom stereocenters. The second-order valence-corrected chi connectivity index (χ2v) is 5.46. The number of rotatable bonds is 3. The first-order valence-corrected chi connectivity index (χ1v) is 7.34. The second kappa shape index (κ2) is 5.55. The first-order chi connectivity index (χ1) is 9.36. The summed E-state index contributed by atoms with van der Waals surface area (Å²) in [5.74, 6) is 0.811. The highest BCUT2D eigenvalue weighted by atomic mass is 14.9. The Morgan fingerprint density at radius 2 is 1.89 bits per heavy atom. The molecule has 0 aliphatic heterocycles. The lowest BCUT2D eigenvalue weighted by Gasteiger charge is -2.32. The average Bonchev–Trinajstić information content (AvgIpc) is 2.48. The predicted octanol–water partition coefficient (Wildman–Crippen LogP) is 4.01. The molecule has 1 aliphatic rings. The summed E-state index contributed by atoms with van der Waals surface area (Å²) in [6.45, 7) is 2.30. The van der Waals surface area contributed by atoms with Crippen molar-refractivity contribution in [1.82, 2.24) is 9.97 Å². The summed E-state index contributed by atoms with van der Waals surface area (Å²) in [5.41, 5.74) is 3.11. The van der Waals surface area contributed by atoms with Crippen LogP contribution in [0.5, 0.6) is 0 Å². The molecule has 1 aromatic carbocycles. The lowest BCUT2D eigenvalue weighted by Crippen LogP contribution is -2.31. The molecule has 1 N–H and O–H groups in total. The fraction of sp³-hybridized carbons (Fsp3) is 0.500. The van der Waals surface area contributed by atoms with Gasteiger partial charge in [0.15, 0.2) is 0 Å². The van der Waals surface area contributed by atoms with E-state index in [4.69, 9.17) is 0 Å². The first kappa shape index (κ1) is 12.4. The van der Waals surface area contributed by atoms with E-state index in [1.165, 1.54) is 37.8 Å². The van der Waals surface area contributed by atoms with Crippen LogP contribution >= 0.6 is 0 Å². The van der Waals surface area contributed by atoms with Gasteiger partial charge in [0.2, 0.25) is 0 Å². The van der Waals surface area contributed by atoms with Gasteiger partial charge in [-0.25, -0.2) is 0 Å².